The average Bonchev–Trinajstić information content (AvgIpc) is 2.18. The molecule has 0 saturated heterocycles. The highest BCUT2D eigenvalue weighted by Gasteiger charge is 2.18. The van der Waals surface area contributed by atoms with Crippen LogP contribution in [-0.2, 0) is 0 Å². The number of hydrogen-bond donors (Lipinski definition) is 1. The molecule has 0 heterocycles. The molecule has 0 aromatic carbocycles. The van der Waals surface area contributed by atoms with Gasteiger partial charge in [0.25, 0.3) is 0 Å². The Morgan fingerprint density at radius 3 is 2.00 bits per heavy atom. The van der Waals surface area contributed by atoms with Crippen molar-refractivity contribution in [2.24, 2.45) is 11.8 Å². The Kier molecular flexibility index (Phi) is 7.75. The molecule has 2 unspecified atom stereocenters. The van der Waals surface area contributed by atoms with Crippen LogP contribution in [0.4, 0.5) is 0 Å². The van der Waals surface area contributed by atoms with Crippen LogP contribution >= 0.6 is 12.6 Å². The van der Waals surface area contributed by atoms with Gasteiger partial charge in [-0.25, -0.2) is 0 Å². The van der Waals surface area contributed by atoms with Gasteiger partial charge in [0.05, 0.1) is 0 Å². The van der Waals surface area contributed by atoms with Crippen LogP contribution in [0.25, 0.3) is 0 Å². The van der Waals surface area contributed by atoms with E-state index in [2.05, 4.69) is 52.1 Å². The molecule has 0 rings (SSSR count). The Morgan fingerprint density at radius 1 is 1.14 bits per heavy atom. The van der Waals surface area contributed by atoms with Gasteiger partial charge in [0.15, 0.2) is 0 Å². The van der Waals surface area contributed by atoms with E-state index in [-0.39, 0.29) is 0 Å². The third-order valence-electron chi connectivity index (χ3n) is 3.27. The van der Waals surface area contributed by atoms with E-state index in [1.165, 1.54) is 13.0 Å². The Labute approximate surface area is 95.7 Å². The summed E-state index contributed by atoms with van der Waals surface area (Å²) in [7, 11) is 0. The molecule has 0 saturated carbocycles. The maximum Gasteiger partial charge on any atom is 0.00643 e. The van der Waals surface area contributed by atoms with Crippen LogP contribution in [0.1, 0.15) is 41.0 Å². The molecule has 2 heteroatoms. The summed E-state index contributed by atoms with van der Waals surface area (Å²) >= 11 is 4.44. The lowest BCUT2D eigenvalue weighted by Crippen LogP contribution is -2.38. The Bertz CT molecular complexity index is 136. The predicted molar refractivity (Wildman–Crippen MR) is 69.2 cm³/mol. The van der Waals surface area contributed by atoms with Crippen molar-refractivity contribution >= 4 is 12.6 Å². The normalized spacial score (nSPS) is 16.3. The minimum atomic E-state index is 0.709. The van der Waals surface area contributed by atoms with Gasteiger partial charge in [-0.2, -0.15) is 12.6 Å². The van der Waals surface area contributed by atoms with Crippen LogP contribution in [0.3, 0.4) is 0 Å². The molecule has 0 spiro atoms. The van der Waals surface area contributed by atoms with E-state index in [1.54, 1.807) is 0 Å². The number of thiol groups is 1. The Hall–Kier alpha value is 0.310. The van der Waals surface area contributed by atoms with Crippen molar-refractivity contribution in [3.63, 3.8) is 0 Å². The molecule has 0 amide bonds. The van der Waals surface area contributed by atoms with Crippen LogP contribution in [0, 0.1) is 11.8 Å². The first-order chi connectivity index (χ1) is 6.56. The van der Waals surface area contributed by atoms with E-state index in [0.29, 0.717) is 6.04 Å². The zero-order chi connectivity index (χ0) is 11.1. The van der Waals surface area contributed by atoms with Gasteiger partial charge in [0.1, 0.15) is 0 Å². The molecule has 0 aliphatic carbocycles. The summed E-state index contributed by atoms with van der Waals surface area (Å²) < 4.78 is 0. The highest BCUT2D eigenvalue weighted by Crippen LogP contribution is 2.16. The van der Waals surface area contributed by atoms with Gasteiger partial charge in [-0.05, 0) is 37.5 Å². The van der Waals surface area contributed by atoms with Crippen molar-refractivity contribution in [1.29, 1.82) is 0 Å². The van der Waals surface area contributed by atoms with E-state index in [9.17, 15) is 0 Å². The molecule has 0 aromatic heterocycles. The van der Waals surface area contributed by atoms with E-state index in [1.807, 2.05) is 0 Å². The molecule has 0 radical (unpaired) electrons. The first-order valence-corrected chi connectivity index (χ1v) is 6.54. The second-order valence-electron chi connectivity index (χ2n) is 4.53. The molecule has 0 N–H and O–H groups in total. The summed E-state index contributed by atoms with van der Waals surface area (Å²) in [5.74, 6) is 2.47. The molecular formula is C12H27NS. The monoisotopic (exact) mass is 217 g/mol. The number of nitrogens with zero attached hydrogens (tertiary/aromatic N) is 1. The quantitative estimate of drug-likeness (QED) is 0.640. The molecule has 0 aliphatic heterocycles. The average molecular weight is 217 g/mol. The maximum absolute atomic E-state index is 4.44. The van der Waals surface area contributed by atoms with Gasteiger partial charge in [-0.1, -0.05) is 27.7 Å². The minimum Gasteiger partial charge on any atom is -0.301 e. The lowest BCUT2D eigenvalue weighted by molar-refractivity contribution is 0.170. The summed E-state index contributed by atoms with van der Waals surface area (Å²) in [6.45, 7) is 13.8. The van der Waals surface area contributed by atoms with Crippen molar-refractivity contribution in [2.45, 2.75) is 47.1 Å². The lowest BCUT2D eigenvalue weighted by Gasteiger charge is -2.32. The fourth-order valence-corrected chi connectivity index (χ4v) is 2.20. The first-order valence-electron chi connectivity index (χ1n) is 5.91. The number of hydrogen-bond acceptors (Lipinski definition) is 2. The smallest absolute Gasteiger partial charge is 0.00643 e. The van der Waals surface area contributed by atoms with Crippen molar-refractivity contribution in [3.05, 3.63) is 0 Å². The SMILES string of the molecule is CCC(C)N(CC)CC(CS)C(C)C. The van der Waals surface area contributed by atoms with E-state index in [0.717, 1.165) is 24.1 Å². The fourth-order valence-electron chi connectivity index (χ4n) is 1.66. The maximum atomic E-state index is 4.44. The largest absolute Gasteiger partial charge is 0.301 e. The predicted octanol–water partition coefficient (Wildman–Crippen LogP) is 3.31. The molecular weight excluding hydrogens is 190 g/mol. The summed E-state index contributed by atoms with van der Waals surface area (Å²) in [6.07, 6.45) is 1.24. The van der Waals surface area contributed by atoms with Gasteiger partial charge < -0.3 is 4.90 Å². The standard InChI is InChI=1S/C12H27NS/c1-6-11(5)13(7-2)8-12(9-14)10(3)4/h10-12,14H,6-9H2,1-5H3. The van der Waals surface area contributed by atoms with Crippen LogP contribution in [0.2, 0.25) is 0 Å². The summed E-state index contributed by atoms with van der Waals surface area (Å²) in [5.41, 5.74) is 0. The third kappa shape index (κ3) is 4.70. The molecule has 1 nitrogen and oxygen atoms in total. The number of rotatable bonds is 7. The Balaban J connectivity index is 4.13. The third-order valence-corrected chi connectivity index (χ3v) is 3.74. The Morgan fingerprint density at radius 2 is 1.71 bits per heavy atom. The second kappa shape index (κ2) is 7.58. The fraction of sp³-hybridized carbons (Fsp3) is 1.00. The van der Waals surface area contributed by atoms with Crippen LogP contribution in [0.15, 0.2) is 0 Å². The van der Waals surface area contributed by atoms with Gasteiger partial charge >= 0.3 is 0 Å². The summed E-state index contributed by atoms with van der Waals surface area (Å²) in [5, 5.41) is 0. The molecule has 0 fully saturated rings. The van der Waals surface area contributed by atoms with Gasteiger partial charge in [0.2, 0.25) is 0 Å². The highest BCUT2D eigenvalue weighted by atomic mass is 32.1. The molecule has 0 bridgehead atoms. The van der Waals surface area contributed by atoms with E-state index < -0.39 is 0 Å². The van der Waals surface area contributed by atoms with Crippen LogP contribution < -0.4 is 0 Å². The first kappa shape index (κ1) is 14.3. The minimum absolute atomic E-state index is 0.709. The molecule has 86 valence electrons. The zero-order valence-electron chi connectivity index (χ0n) is 10.5. The van der Waals surface area contributed by atoms with Crippen molar-refractivity contribution in [1.82, 2.24) is 4.90 Å². The van der Waals surface area contributed by atoms with Gasteiger partial charge in [-0.3, -0.25) is 0 Å². The summed E-state index contributed by atoms with van der Waals surface area (Å²) in [6, 6.07) is 0.709. The van der Waals surface area contributed by atoms with E-state index >= 15 is 0 Å². The molecule has 2 atom stereocenters. The van der Waals surface area contributed by atoms with Crippen molar-refractivity contribution in [2.75, 3.05) is 18.8 Å². The molecule has 14 heavy (non-hydrogen) atoms. The van der Waals surface area contributed by atoms with Crippen molar-refractivity contribution < 1.29 is 0 Å². The lowest BCUT2D eigenvalue weighted by atomic mass is 9.96. The molecule has 0 aromatic rings. The molecule has 0 aliphatic rings. The van der Waals surface area contributed by atoms with E-state index in [4.69, 9.17) is 0 Å². The summed E-state index contributed by atoms with van der Waals surface area (Å²) in [4.78, 5) is 2.57. The highest BCUT2D eigenvalue weighted by molar-refractivity contribution is 7.80. The van der Waals surface area contributed by atoms with Crippen LogP contribution in [0.5, 0.6) is 0 Å². The van der Waals surface area contributed by atoms with Gasteiger partial charge in [-0.15, -0.1) is 0 Å². The zero-order valence-corrected chi connectivity index (χ0v) is 11.3. The van der Waals surface area contributed by atoms with Crippen molar-refractivity contribution in [3.8, 4) is 0 Å². The second-order valence-corrected chi connectivity index (χ2v) is 4.90. The topological polar surface area (TPSA) is 3.24 Å². The van der Waals surface area contributed by atoms with Gasteiger partial charge in [0, 0.05) is 12.6 Å². The van der Waals surface area contributed by atoms with Crippen LogP contribution in [-0.4, -0.2) is 29.8 Å².